The molecule has 0 spiro atoms. The number of hydrogen-bond acceptors (Lipinski definition) is 4. The zero-order valence-electron chi connectivity index (χ0n) is 12.8. The van der Waals surface area contributed by atoms with Crippen LogP contribution in [0.25, 0.3) is 17.0 Å². The molecule has 0 aliphatic heterocycles. The van der Waals surface area contributed by atoms with Gasteiger partial charge in [0.05, 0.1) is 7.11 Å². The number of ketones is 1. The Labute approximate surface area is 136 Å². The first-order chi connectivity index (χ1) is 11.6. The molecule has 0 fully saturated rings. The minimum atomic E-state index is -0.735. The molecular weight excluding hydrogens is 311 g/mol. The molecule has 0 radical (unpaired) electrons. The number of allylic oxidation sites excluding steroid dienone is 1. The molecule has 24 heavy (non-hydrogen) atoms. The van der Waals surface area contributed by atoms with E-state index in [9.17, 15) is 14.0 Å². The van der Waals surface area contributed by atoms with Gasteiger partial charge in [-0.2, -0.15) is 0 Å². The SMILES string of the molecule is COc1cccc2cc(C(=O)C=Cc3ccc(F)cc3)c(=O)oc12. The first-order valence-corrected chi connectivity index (χ1v) is 7.17. The highest BCUT2D eigenvalue weighted by atomic mass is 19.1. The van der Waals surface area contributed by atoms with Crippen LogP contribution in [0.4, 0.5) is 4.39 Å². The average Bonchev–Trinajstić information content (AvgIpc) is 2.60. The highest BCUT2D eigenvalue weighted by molar-refractivity contribution is 6.08. The Kier molecular flexibility index (Phi) is 4.24. The highest BCUT2D eigenvalue weighted by Crippen LogP contribution is 2.24. The summed E-state index contributed by atoms with van der Waals surface area (Å²) in [7, 11) is 1.47. The van der Waals surface area contributed by atoms with Gasteiger partial charge in [0.25, 0.3) is 0 Å². The summed E-state index contributed by atoms with van der Waals surface area (Å²) < 4.78 is 23.2. The van der Waals surface area contributed by atoms with E-state index >= 15 is 0 Å². The van der Waals surface area contributed by atoms with Gasteiger partial charge in [-0.1, -0.05) is 30.3 Å². The summed E-state index contributed by atoms with van der Waals surface area (Å²) in [6.07, 6.45) is 2.77. The average molecular weight is 324 g/mol. The van der Waals surface area contributed by atoms with Crippen LogP contribution in [0.1, 0.15) is 15.9 Å². The van der Waals surface area contributed by atoms with Crippen molar-refractivity contribution < 1.29 is 18.3 Å². The molecule has 1 aromatic heterocycles. The first kappa shape index (κ1) is 15.7. The maximum absolute atomic E-state index is 12.9. The second-order valence-electron chi connectivity index (χ2n) is 5.08. The van der Waals surface area contributed by atoms with Gasteiger partial charge in [-0.05, 0) is 35.9 Å². The Balaban J connectivity index is 1.96. The molecular formula is C19H13FO4. The van der Waals surface area contributed by atoms with Crippen LogP contribution in [0.15, 0.2) is 63.8 Å². The first-order valence-electron chi connectivity index (χ1n) is 7.17. The third-order valence-corrected chi connectivity index (χ3v) is 3.51. The zero-order chi connectivity index (χ0) is 17.1. The number of carbonyl (C=O) groups excluding carboxylic acids is 1. The smallest absolute Gasteiger partial charge is 0.347 e. The third kappa shape index (κ3) is 3.10. The molecule has 0 bridgehead atoms. The minimum Gasteiger partial charge on any atom is -0.493 e. The van der Waals surface area contributed by atoms with Crippen molar-refractivity contribution in [3.8, 4) is 5.75 Å². The van der Waals surface area contributed by atoms with Gasteiger partial charge < -0.3 is 9.15 Å². The Bertz CT molecular complexity index is 984. The fourth-order valence-corrected chi connectivity index (χ4v) is 2.29. The Morgan fingerprint density at radius 2 is 1.92 bits per heavy atom. The molecule has 0 saturated heterocycles. The topological polar surface area (TPSA) is 56.5 Å². The molecule has 3 rings (SSSR count). The predicted octanol–water partition coefficient (Wildman–Crippen LogP) is 3.84. The van der Waals surface area contributed by atoms with Crippen molar-refractivity contribution in [3.63, 3.8) is 0 Å². The highest BCUT2D eigenvalue weighted by Gasteiger charge is 2.13. The molecule has 0 atom stereocenters. The van der Waals surface area contributed by atoms with Gasteiger partial charge in [0.1, 0.15) is 11.4 Å². The van der Waals surface area contributed by atoms with Gasteiger partial charge in [0, 0.05) is 5.39 Å². The standard InChI is InChI=1S/C19H13FO4/c1-23-17-4-2-3-13-11-15(19(22)24-18(13)17)16(21)10-7-12-5-8-14(20)9-6-12/h2-11H,1H3. The lowest BCUT2D eigenvalue weighted by Crippen LogP contribution is -2.12. The molecule has 0 aliphatic rings. The lowest BCUT2D eigenvalue weighted by Gasteiger charge is -2.04. The summed E-state index contributed by atoms with van der Waals surface area (Å²) >= 11 is 0. The van der Waals surface area contributed by atoms with Crippen molar-refractivity contribution in [1.29, 1.82) is 0 Å². The Morgan fingerprint density at radius 3 is 2.62 bits per heavy atom. The molecule has 0 N–H and O–H groups in total. The van der Waals surface area contributed by atoms with E-state index in [1.807, 2.05) is 0 Å². The van der Waals surface area contributed by atoms with E-state index < -0.39 is 11.4 Å². The van der Waals surface area contributed by atoms with Crippen molar-refractivity contribution in [3.05, 3.63) is 82.0 Å². The number of rotatable bonds is 4. The van der Waals surface area contributed by atoms with Crippen LogP contribution in [0.3, 0.4) is 0 Å². The molecule has 4 nitrogen and oxygen atoms in total. The van der Waals surface area contributed by atoms with Crippen molar-refractivity contribution >= 4 is 22.8 Å². The van der Waals surface area contributed by atoms with Crippen molar-refractivity contribution in [1.82, 2.24) is 0 Å². The monoisotopic (exact) mass is 324 g/mol. The number of halogens is 1. The van der Waals surface area contributed by atoms with Gasteiger partial charge in [-0.25, -0.2) is 9.18 Å². The number of benzene rings is 2. The normalized spacial score (nSPS) is 11.1. The van der Waals surface area contributed by atoms with Gasteiger partial charge in [-0.3, -0.25) is 4.79 Å². The quantitative estimate of drug-likeness (QED) is 0.416. The van der Waals surface area contributed by atoms with Gasteiger partial charge in [0.15, 0.2) is 17.1 Å². The van der Waals surface area contributed by atoms with E-state index in [4.69, 9.17) is 9.15 Å². The Morgan fingerprint density at radius 1 is 1.17 bits per heavy atom. The predicted molar refractivity (Wildman–Crippen MR) is 88.8 cm³/mol. The number of ether oxygens (including phenoxy) is 1. The van der Waals surface area contributed by atoms with Crippen LogP contribution in [-0.2, 0) is 0 Å². The largest absolute Gasteiger partial charge is 0.493 e. The number of para-hydroxylation sites is 1. The van der Waals surface area contributed by atoms with Crippen LogP contribution >= 0.6 is 0 Å². The van der Waals surface area contributed by atoms with E-state index in [0.717, 1.165) is 0 Å². The van der Waals surface area contributed by atoms with Crippen LogP contribution < -0.4 is 10.4 Å². The maximum atomic E-state index is 12.9. The fourth-order valence-electron chi connectivity index (χ4n) is 2.29. The zero-order valence-corrected chi connectivity index (χ0v) is 12.8. The summed E-state index contributed by atoms with van der Waals surface area (Å²) in [4.78, 5) is 24.3. The van der Waals surface area contributed by atoms with E-state index in [1.165, 1.54) is 49.6 Å². The molecule has 0 unspecified atom stereocenters. The van der Waals surface area contributed by atoms with Crippen LogP contribution in [0.2, 0.25) is 0 Å². The fraction of sp³-hybridized carbons (Fsp3) is 0.0526. The summed E-state index contributed by atoms with van der Waals surface area (Å²) in [5.41, 5.74) is 0.135. The molecule has 3 aromatic rings. The van der Waals surface area contributed by atoms with Gasteiger partial charge >= 0.3 is 5.63 Å². The Hall–Kier alpha value is -3.21. The summed E-state index contributed by atoms with van der Waals surface area (Å²) in [5, 5.41) is 0.590. The van der Waals surface area contributed by atoms with E-state index in [-0.39, 0.29) is 11.4 Å². The molecule has 1 heterocycles. The van der Waals surface area contributed by atoms with Gasteiger partial charge in [-0.15, -0.1) is 0 Å². The molecule has 120 valence electrons. The van der Waals surface area contributed by atoms with Crippen LogP contribution in [0.5, 0.6) is 5.75 Å². The van der Waals surface area contributed by atoms with Gasteiger partial charge in [0.2, 0.25) is 0 Å². The number of fused-ring (bicyclic) bond motifs is 1. The summed E-state index contributed by atoms with van der Waals surface area (Å²) in [6, 6.07) is 12.3. The molecule has 0 amide bonds. The molecule has 5 heteroatoms. The summed E-state index contributed by atoms with van der Waals surface area (Å²) in [5.74, 6) is -0.425. The molecule has 0 saturated carbocycles. The van der Waals surface area contributed by atoms with Crippen LogP contribution in [-0.4, -0.2) is 12.9 Å². The third-order valence-electron chi connectivity index (χ3n) is 3.51. The second kappa shape index (κ2) is 6.50. The van der Waals surface area contributed by atoms with E-state index in [2.05, 4.69) is 0 Å². The van der Waals surface area contributed by atoms with E-state index in [0.29, 0.717) is 22.3 Å². The van der Waals surface area contributed by atoms with E-state index in [1.54, 1.807) is 18.2 Å². The van der Waals surface area contributed by atoms with Crippen LogP contribution in [0, 0.1) is 5.82 Å². The molecule has 0 aliphatic carbocycles. The second-order valence-corrected chi connectivity index (χ2v) is 5.08. The van der Waals surface area contributed by atoms with Crippen molar-refractivity contribution in [2.75, 3.05) is 7.11 Å². The number of hydrogen-bond donors (Lipinski definition) is 0. The minimum absolute atomic E-state index is 0.0749. The lowest BCUT2D eigenvalue weighted by molar-refractivity contribution is 0.104. The van der Waals surface area contributed by atoms with Crippen molar-refractivity contribution in [2.24, 2.45) is 0 Å². The molecule has 2 aromatic carbocycles. The van der Waals surface area contributed by atoms with Crippen molar-refractivity contribution in [2.45, 2.75) is 0 Å². The lowest BCUT2D eigenvalue weighted by atomic mass is 10.1. The summed E-state index contributed by atoms with van der Waals surface area (Å²) in [6.45, 7) is 0. The maximum Gasteiger partial charge on any atom is 0.347 e. The number of carbonyl (C=O) groups is 1. The number of methoxy groups -OCH3 is 1.